The molecule has 1 saturated carbocycles. The number of benzene rings is 3. The summed E-state index contributed by atoms with van der Waals surface area (Å²) in [5.41, 5.74) is 3.89. The average molecular weight is 941 g/mol. The number of amides is 3. The minimum absolute atomic E-state index is 0.0711. The Morgan fingerprint density at radius 3 is 2.39 bits per heavy atom. The number of aromatic nitrogens is 4. The van der Waals surface area contributed by atoms with Gasteiger partial charge >= 0.3 is 6.03 Å². The number of fused-ring (bicyclic) bond motifs is 2. The number of nitriles is 1. The predicted molar refractivity (Wildman–Crippen MR) is 262 cm³/mol. The minimum Gasteiger partial charge on any atom is -0.453 e. The van der Waals surface area contributed by atoms with Crippen LogP contribution in [0.1, 0.15) is 128 Å². The van der Waals surface area contributed by atoms with Gasteiger partial charge in [0.25, 0.3) is 0 Å². The van der Waals surface area contributed by atoms with E-state index in [1.807, 2.05) is 72.1 Å². The Kier molecular flexibility index (Phi) is 17.6. The van der Waals surface area contributed by atoms with Crippen LogP contribution in [-0.2, 0) is 16.6 Å². The van der Waals surface area contributed by atoms with Gasteiger partial charge in [-0.2, -0.15) is 10.4 Å². The molecule has 14 nitrogen and oxygen atoms in total. The summed E-state index contributed by atoms with van der Waals surface area (Å²) in [5.74, 6) is -0.519. The topological polar surface area (TPSA) is 154 Å². The van der Waals surface area contributed by atoms with Crippen LogP contribution in [0.15, 0.2) is 48.7 Å². The van der Waals surface area contributed by atoms with Gasteiger partial charge < -0.3 is 19.1 Å². The monoisotopic (exact) mass is 940 g/mol. The van der Waals surface area contributed by atoms with E-state index in [-0.39, 0.29) is 53.4 Å². The number of urea groups is 1. The van der Waals surface area contributed by atoms with Crippen molar-refractivity contribution in [2.45, 2.75) is 123 Å². The second-order valence-corrected chi connectivity index (χ2v) is 17.6. The highest BCUT2D eigenvalue weighted by molar-refractivity contribution is 7.98. The number of ether oxygens (including phenoxy) is 2. The number of imide groups is 1. The molecule has 1 atom stereocenters. The molecule has 17 heteroatoms. The lowest BCUT2D eigenvalue weighted by atomic mass is 9.79. The van der Waals surface area contributed by atoms with E-state index < -0.39 is 11.8 Å². The second-order valence-electron chi connectivity index (χ2n) is 16.6. The molecule has 1 unspecified atom stereocenters. The van der Waals surface area contributed by atoms with Crippen molar-refractivity contribution in [3.05, 3.63) is 77.1 Å². The number of piperidine rings is 1. The summed E-state index contributed by atoms with van der Waals surface area (Å²) in [7, 11) is 3.70. The van der Waals surface area contributed by atoms with Crippen molar-refractivity contribution in [3.63, 3.8) is 0 Å². The average Bonchev–Trinajstić information content (AvgIpc) is 3.92. The van der Waals surface area contributed by atoms with E-state index in [1.54, 1.807) is 29.9 Å². The number of anilines is 2. The smallest absolute Gasteiger partial charge is 0.329 e. The summed E-state index contributed by atoms with van der Waals surface area (Å²) in [6.07, 6.45) is 8.43. The first-order chi connectivity index (χ1) is 32.5. The zero-order valence-electron chi connectivity index (χ0n) is 40.4. The number of likely N-dealkylation sites (tertiary alicyclic amines) is 1. The summed E-state index contributed by atoms with van der Waals surface area (Å²) in [6, 6.07) is 13.4. The molecule has 9 rings (SSSR count). The van der Waals surface area contributed by atoms with Crippen molar-refractivity contribution in [1.29, 1.82) is 5.26 Å². The van der Waals surface area contributed by atoms with E-state index in [4.69, 9.17) is 19.4 Å². The molecule has 4 aliphatic rings. The molecule has 1 aliphatic carbocycles. The van der Waals surface area contributed by atoms with Crippen molar-refractivity contribution in [1.82, 2.24) is 34.3 Å². The van der Waals surface area contributed by atoms with Crippen LogP contribution in [0.25, 0.3) is 21.9 Å². The van der Waals surface area contributed by atoms with Gasteiger partial charge in [-0.3, -0.25) is 24.7 Å². The SMILES string of the molecule is CC.CC.CC.CCN(C)SNc1ccc(F)c(Oc2ccc3ncc(C4COC5(CCN(C6CCC(c7cc8c(cc7F)c(N7CCC(=O)NC7=O)nn8C)CC6)CC5)C4)nc3c2)c1C#N. The first-order valence-corrected chi connectivity index (χ1v) is 24.8. The molecule has 360 valence electrons. The van der Waals surface area contributed by atoms with Gasteiger partial charge in [0.05, 0.1) is 40.1 Å². The van der Waals surface area contributed by atoms with Crippen LogP contribution in [0.2, 0.25) is 0 Å². The predicted octanol–water partition coefficient (Wildman–Crippen LogP) is 11.0. The maximum Gasteiger partial charge on any atom is 0.329 e. The normalized spacial score (nSPS) is 20.3. The number of rotatable bonds is 10. The zero-order chi connectivity index (χ0) is 48.4. The van der Waals surface area contributed by atoms with Crippen LogP contribution in [0, 0.1) is 23.0 Å². The Balaban J connectivity index is 0.00000119. The maximum absolute atomic E-state index is 15.8. The summed E-state index contributed by atoms with van der Waals surface area (Å²) < 4.78 is 50.2. The van der Waals surface area contributed by atoms with Gasteiger partial charge in [0.2, 0.25) is 5.91 Å². The molecule has 3 aliphatic heterocycles. The van der Waals surface area contributed by atoms with E-state index in [0.717, 1.165) is 75.8 Å². The Morgan fingerprint density at radius 1 is 0.970 bits per heavy atom. The molecular formula is C50H66F2N10O4S. The maximum atomic E-state index is 15.8. The van der Waals surface area contributed by atoms with Crippen molar-refractivity contribution in [2.75, 3.05) is 49.5 Å². The molecule has 0 bridgehead atoms. The lowest BCUT2D eigenvalue weighted by Gasteiger charge is -2.44. The van der Waals surface area contributed by atoms with Gasteiger partial charge in [-0.05, 0) is 99.9 Å². The van der Waals surface area contributed by atoms with Crippen molar-refractivity contribution >= 4 is 57.5 Å². The van der Waals surface area contributed by atoms with Crippen LogP contribution < -0.4 is 19.7 Å². The minimum atomic E-state index is -0.638. The van der Waals surface area contributed by atoms with Crippen LogP contribution in [0.3, 0.4) is 0 Å². The van der Waals surface area contributed by atoms with Gasteiger partial charge in [-0.1, -0.05) is 48.5 Å². The molecule has 1 spiro atoms. The Labute approximate surface area is 398 Å². The van der Waals surface area contributed by atoms with Crippen molar-refractivity contribution in [3.8, 4) is 17.6 Å². The fraction of sp³-hybridized carbons (Fsp3) is 0.520. The second kappa shape index (κ2) is 23.1. The van der Waals surface area contributed by atoms with E-state index in [1.165, 1.54) is 35.2 Å². The summed E-state index contributed by atoms with van der Waals surface area (Å²) in [5, 5.41) is 17.4. The Bertz CT molecular complexity index is 2550. The zero-order valence-corrected chi connectivity index (χ0v) is 41.2. The molecule has 2 N–H and O–H groups in total. The number of hydrogen-bond acceptors (Lipinski definition) is 12. The van der Waals surface area contributed by atoms with E-state index >= 15 is 8.78 Å². The van der Waals surface area contributed by atoms with E-state index in [9.17, 15) is 14.9 Å². The number of nitrogens with one attached hydrogen (secondary N) is 2. The third-order valence-electron chi connectivity index (χ3n) is 13.0. The van der Waals surface area contributed by atoms with Gasteiger partial charge in [0.15, 0.2) is 17.4 Å². The summed E-state index contributed by atoms with van der Waals surface area (Å²) >= 11 is 1.31. The number of halogens is 2. The quantitative estimate of drug-likeness (QED) is 0.128. The Hall–Kier alpha value is -5.41. The number of aryl methyl sites for hydroxylation is 1. The fourth-order valence-corrected chi connectivity index (χ4v) is 9.97. The number of carbonyl (C=O) groups is 2. The standard InChI is InChI=1S/C44H48F2N10O4S.3C2H6/c1-4-53(2)61-52-35-12-10-33(45)41(32(35)23-47)60-29-9-11-36-37(19-29)49-38(24-48-36)27-22-44(59-25-27)14-17-55(18-15-44)28-7-5-26(6-8-28)30-21-39-31(20-34(30)46)42(51-54(39)3)56-16-13-40(57)50-43(56)58;3*1-2/h9-12,19-21,24,26-28,52H,4-8,13-18,22,25H2,1-3H3,(H,50,57,58);3*1-2H3. The Morgan fingerprint density at radius 2 is 1.70 bits per heavy atom. The van der Waals surface area contributed by atoms with Crippen molar-refractivity contribution < 1.29 is 27.8 Å². The highest BCUT2D eigenvalue weighted by Crippen LogP contribution is 2.45. The van der Waals surface area contributed by atoms with Crippen LogP contribution in [-0.4, -0.2) is 92.4 Å². The number of carbonyl (C=O) groups excluding carboxylic acids is 2. The molecular weight excluding hydrogens is 875 g/mol. The van der Waals surface area contributed by atoms with Crippen LogP contribution in [0.5, 0.6) is 11.5 Å². The molecule has 3 saturated heterocycles. The first-order valence-electron chi connectivity index (χ1n) is 24.0. The van der Waals surface area contributed by atoms with Crippen LogP contribution in [0.4, 0.5) is 25.1 Å². The van der Waals surface area contributed by atoms with Gasteiger partial charge in [-0.25, -0.2) is 22.9 Å². The van der Waals surface area contributed by atoms with Crippen molar-refractivity contribution in [2.24, 2.45) is 7.05 Å². The molecule has 3 amide bonds. The summed E-state index contributed by atoms with van der Waals surface area (Å²) in [6.45, 7) is 17.4. The van der Waals surface area contributed by atoms with Crippen LogP contribution >= 0.6 is 12.1 Å². The number of nitrogens with zero attached hydrogens (tertiary/aromatic N) is 8. The van der Waals surface area contributed by atoms with E-state index in [0.29, 0.717) is 51.9 Å². The van der Waals surface area contributed by atoms with Gasteiger partial charge in [0, 0.05) is 81.4 Å². The highest BCUT2D eigenvalue weighted by Gasteiger charge is 2.45. The molecule has 2 aromatic heterocycles. The number of hydrogen-bond donors (Lipinski definition) is 2. The molecule has 67 heavy (non-hydrogen) atoms. The molecule has 3 aromatic carbocycles. The molecule has 5 heterocycles. The lowest BCUT2D eigenvalue weighted by molar-refractivity contribution is -0.120. The largest absolute Gasteiger partial charge is 0.453 e. The molecule has 5 aromatic rings. The summed E-state index contributed by atoms with van der Waals surface area (Å²) in [4.78, 5) is 37.9. The van der Waals surface area contributed by atoms with E-state index in [2.05, 4.69) is 26.1 Å². The molecule has 0 radical (unpaired) electrons. The van der Waals surface area contributed by atoms with Gasteiger partial charge in [0.1, 0.15) is 23.2 Å². The molecule has 4 fully saturated rings. The third-order valence-corrected chi connectivity index (χ3v) is 13.9. The fourth-order valence-electron chi connectivity index (χ4n) is 9.41. The first kappa shape index (κ1) is 51.0. The van der Waals surface area contributed by atoms with Gasteiger partial charge in [-0.15, -0.1) is 0 Å². The third kappa shape index (κ3) is 11.1. The lowest BCUT2D eigenvalue weighted by Crippen LogP contribution is -2.49. The highest BCUT2D eigenvalue weighted by atomic mass is 32.2.